The summed E-state index contributed by atoms with van der Waals surface area (Å²) < 4.78 is 0.647. The van der Waals surface area contributed by atoms with E-state index in [1.165, 1.54) is 25.6 Å². The van der Waals surface area contributed by atoms with Gasteiger partial charge in [-0.25, -0.2) is 4.98 Å². The first-order valence-corrected chi connectivity index (χ1v) is 14.9. The van der Waals surface area contributed by atoms with Crippen LogP contribution in [0.2, 0.25) is 0 Å². The van der Waals surface area contributed by atoms with Crippen molar-refractivity contribution in [3.63, 3.8) is 0 Å². The van der Waals surface area contributed by atoms with E-state index >= 15 is 0 Å². The van der Waals surface area contributed by atoms with Gasteiger partial charge in [0.2, 0.25) is 23.7 Å². The number of amides is 3. The molecule has 14 heteroatoms. The van der Waals surface area contributed by atoms with Gasteiger partial charge in [-0.05, 0) is 60.8 Å². The SMILES string of the molecule is CC(C)(C(N)=O)C(=O)NCCCNc1nc(Nc2cccc(NC(=O)CCC(=O)CC3CCSC3=O)c2)ncc1Br. The van der Waals surface area contributed by atoms with Crippen molar-refractivity contribution in [2.24, 2.45) is 17.1 Å². The Labute approximate surface area is 250 Å². The van der Waals surface area contributed by atoms with E-state index in [9.17, 15) is 24.0 Å². The number of primary amides is 1. The zero-order chi connectivity index (χ0) is 30.0. The van der Waals surface area contributed by atoms with Gasteiger partial charge in [-0.2, -0.15) is 4.98 Å². The number of thioether (sulfide) groups is 1. The van der Waals surface area contributed by atoms with E-state index in [0.717, 1.165) is 12.2 Å². The number of hydrogen-bond donors (Lipinski definition) is 5. The molecule has 1 fully saturated rings. The van der Waals surface area contributed by atoms with E-state index in [4.69, 9.17) is 5.73 Å². The minimum absolute atomic E-state index is 0.0436. The van der Waals surface area contributed by atoms with Crippen molar-refractivity contribution in [2.75, 3.05) is 34.8 Å². The lowest BCUT2D eigenvalue weighted by molar-refractivity contribution is -0.139. The Morgan fingerprint density at radius 2 is 1.90 bits per heavy atom. The average Bonchev–Trinajstić information content (AvgIpc) is 3.32. The largest absolute Gasteiger partial charge is 0.369 e. The highest BCUT2D eigenvalue weighted by Gasteiger charge is 2.33. The summed E-state index contributed by atoms with van der Waals surface area (Å²) in [5.41, 5.74) is 5.18. The highest BCUT2D eigenvalue weighted by Crippen LogP contribution is 2.29. The van der Waals surface area contributed by atoms with Gasteiger partial charge in [-0.15, -0.1) is 0 Å². The summed E-state index contributed by atoms with van der Waals surface area (Å²) in [5, 5.41) is 11.8. The van der Waals surface area contributed by atoms with Crippen LogP contribution in [0.15, 0.2) is 34.9 Å². The molecule has 0 aliphatic carbocycles. The minimum Gasteiger partial charge on any atom is -0.369 e. The third kappa shape index (κ3) is 9.81. The lowest BCUT2D eigenvalue weighted by Gasteiger charge is -2.19. The number of carbonyl (C=O) groups is 5. The molecule has 1 saturated heterocycles. The fourth-order valence-corrected chi connectivity index (χ4v) is 5.13. The van der Waals surface area contributed by atoms with E-state index in [0.29, 0.717) is 47.1 Å². The molecule has 1 aromatic carbocycles. The number of Topliss-reactive ketones (excluding diaryl/α,β-unsaturated/α-hetero) is 1. The monoisotopic (exact) mass is 647 g/mol. The van der Waals surface area contributed by atoms with E-state index in [-0.39, 0.29) is 42.0 Å². The van der Waals surface area contributed by atoms with Gasteiger partial charge in [0, 0.05) is 61.6 Å². The molecular weight excluding hydrogens is 614 g/mol. The fourth-order valence-electron chi connectivity index (χ4n) is 3.76. The van der Waals surface area contributed by atoms with Crippen molar-refractivity contribution in [3.05, 3.63) is 34.9 Å². The molecule has 2 heterocycles. The number of ketones is 1. The zero-order valence-corrected chi connectivity index (χ0v) is 25.3. The number of nitrogens with two attached hydrogens (primary N) is 1. The van der Waals surface area contributed by atoms with Gasteiger partial charge < -0.3 is 27.0 Å². The molecule has 41 heavy (non-hydrogen) atoms. The molecule has 3 amide bonds. The summed E-state index contributed by atoms with van der Waals surface area (Å²) in [7, 11) is 0. The maximum absolute atomic E-state index is 12.4. The Hall–Kier alpha value is -3.52. The van der Waals surface area contributed by atoms with Crippen molar-refractivity contribution in [2.45, 2.75) is 46.0 Å². The number of anilines is 4. The Balaban J connectivity index is 1.46. The smallest absolute Gasteiger partial charge is 0.235 e. The van der Waals surface area contributed by atoms with E-state index in [1.54, 1.807) is 30.5 Å². The maximum Gasteiger partial charge on any atom is 0.235 e. The molecule has 12 nitrogen and oxygen atoms in total. The summed E-state index contributed by atoms with van der Waals surface area (Å²) >= 11 is 4.68. The summed E-state index contributed by atoms with van der Waals surface area (Å²) in [6.45, 7) is 3.79. The highest BCUT2D eigenvalue weighted by atomic mass is 79.9. The third-order valence-corrected chi connectivity index (χ3v) is 8.05. The van der Waals surface area contributed by atoms with Gasteiger partial charge in [-0.1, -0.05) is 17.8 Å². The number of halogens is 1. The zero-order valence-electron chi connectivity index (χ0n) is 22.9. The van der Waals surface area contributed by atoms with Crippen molar-refractivity contribution in [3.8, 4) is 0 Å². The highest BCUT2D eigenvalue weighted by molar-refractivity contribution is 9.10. The van der Waals surface area contributed by atoms with Crippen LogP contribution in [0.3, 0.4) is 0 Å². The standard InChI is InChI=1S/C27H34BrN7O5S/c1-27(2,24(29)39)25(40)31-11-4-10-30-22-20(28)15-32-26(35-22)34-18-6-3-5-17(14-18)33-21(37)8-7-19(36)13-16-9-12-41-23(16)38/h3,5-6,14-16H,4,7-13H2,1-2H3,(H2,29,39)(H,31,40)(H,33,37)(H2,30,32,34,35). The van der Waals surface area contributed by atoms with Gasteiger partial charge >= 0.3 is 0 Å². The summed E-state index contributed by atoms with van der Waals surface area (Å²) in [6.07, 6.45) is 3.23. The first kappa shape index (κ1) is 32.0. The Bertz CT molecular complexity index is 1310. The van der Waals surface area contributed by atoms with Crippen LogP contribution in [-0.4, -0.2) is 57.4 Å². The van der Waals surface area contributed by atoms with E-state index in [2.05, 4.69) is 47.2 Å². The van der Waals surface area contributed by atoms with Gasteiger partial charge in [0.15, 0.2) is 5.12 Å². The number of rotatable bonds is 15. The van der Waals surface area contributed by atoms with Crippen LogP contribution in [0.1, 0.15) is 46.0 Å². The third-order valence-electron chi connectivity index (χ3n) is 6.41. The Morgan fingerprint density at radius 3 is 2.61 bits per heavy atom. The van der Waals surface area contributed by atoms with Gasteiger partial charge in [0.05, 0.1) is 4.47 Å². The number of aromatic nitrogens is 2. The van der Waals surface area contributed by atoms with Crippen molar-refractivity contribution >= 4 is 79.5 Å². The first-order chi connectivity index (χ1) is 19.5. The van der Waals surface area contributed by atoms with E-state index < -0.39 is 17.2 Å². The van der Waals surface area contributed by atoms with Crippen molar-refractivity contribution < 1.29 is 24.0 Å². The number of benzene rings is 1. The van der Waals surface area contributed by atoms with Crippen LogP contribution in [0.5, 0.6) is 0 Å². The average molecular weight is 649 g/mol. The molecule has 1 atom stereocenters. The van der Waals surface area contributed by atoms with Gasteiger partial charge in [0.1, 0.15) is 17.0 Å². The lowest BCUT2D eigenvalue weighted by Crippen LogP contribution is -2.46. The van der Waals surface area contributed by atoms with Crippen molar-refractivity contribution in [1.82, 2.24) is 15.3 Å². The van der Waals surface area contributed by atoms with Crippen LogP contribution in [0.25, 0.3) is 0 Å². The Kier molecular flexibility index (Phi) is 11.6. The van der Waals surface area contributed by atoms with Crippen LogP contribution in [0.4, 0.5) is 23.1 Å². The molecule has 6 N–H and O–H groups in total. The molecule has 1 aliphatic rings. The second-order valence-corrected chi connectivity index (χ2v) is 12.0. The summed E-state index contributed by atoms with van der Waals surface area (Å²) in [4.78, 5) is 68.5. The predicted molar refractivity (Wildman–Crippen MR) is 162 cm³/mol. The number of nitrogens with zero attached hydrogens (tertiary/aromatic N) is 2. The Morgan fingerprint density at radius 1 is 1.15 bits per heavy atom. The fraction of sp³-hybridized carbons (Fsp3) is 0.444. The molecule has 0 radical (unpaired) electrons. The molecule has 0 spiro atoms. The predicted octanol–water partition coefficient (Wildman–Crippen LogP) is 3.37. The summed E-state index contributed by atoms with van der Waals surface area (Å²) in [5.74, 6) is -0.0861. The van der Waals surface area contributed by atoms with Crippen LogP contribution >= 0.6 is 27.7 Å². The number of nitrogens with one attached hydrogen (secondary N) is 4. The molecular formula is C27H34BrN7O5S. The summed E-state index contributed by atoms with van der Waals surface area (Å²) in [6, 6.07) is 7.02. The molecule has 1 unspecified atom stereocenters. The lowest BCUT2D eigenvalue weighted by atomic mass is 9.91. The minimum atomic E-state index is -1.28. The van der Waals surface area contributed by atoms with Crippen molar-refractivity contribution in [1.29, 1.82) is 0 Å². The number of carbonyl (C=O) groups excluding carboxylic acids is 5. The molecule has 3 rings (SSSR count). The second-order valence-electron chi connectivity index (χ2n) is 10.1. The molecule has 2 aromatic rings. The molecule has 220 valence electrons. The van der Waals surface area contributed by atoms with Crippen LogP contribution in [0, 0.1) is 11.3 Å². The van der Waals surface area contributed by atoms with Gasteiger partial charge in [-0.3, -0.25) is 24.0 Å². The van der Waals surface area contributed by atoms with Crippen LogP contribution < -0.4 is 27.0 Å². The molecule has 1 aliphatic heterocycles. The normalized spacial score (nSPS) is 14.8. The number of hydrogen-bond acceptors (Lipinski definition) is 10. The van der Waals surface area contributed by atoms with E-state index in [1.807, 2.05) is 0 Å². The topological polar surface area (TPSA) is 185 Å². The van der Waals surface area contributed by atoms with Gasteiger partial charge in [0.25, 0.3) is 0 Å². The first-order valence-electron chi connectivity index (χ1n) is 13.2. The molecule has 1 aromatic heterocycles. The maximum atomic E-state index is 12.4. The van der Waals surface area contributed by atoms with Crippen LogP contribution in [-0.2, 0) is 24.0 Å². The molecule has 0 saturated carbocycles. The second kappa shape index (κ2) is 14.9. The quantitative estimate of drug-likeness (QED) is 0.142. The molecule has 0 bridgehead atoms.